The van der Waals surface area contributed by atoms with E-state index in [0.29, 0.717) is 18.9 Å². The van der Waals surface area contributed by atoms with Crippen molar-refractivity contribution in [1.29, 1.82) is 0 Å². The Morgan fingerprint density at radius 3 is 2.68 bits per heavy atom. The highest BCUT2D eigenvalue weighted by atomic mass is 79.9. The molecule has 1 aromatic carbocycles. The highest BCUT2D eigenvalue weighted by Crippen LogP contribution is 2.19. The summed E-state index contributed by atoms with van der Waals surface area (Å²) in [6.07, 6.45) is 5.62. The third-order valence-electron chi connectivity index (χ3n) is 4.47. The first-order valence-electron chi connectivity index (χ1n) is 8.47. The summed E-state index contributed by atoms with van der Waals surface area (Å²) >= 11 is 3.44. The van der Waals surface area contributed by atoms with E-state index < -0.39 is 0 Å². The molecule has 1 amide bonds. The lowest BCUT2D eigenvalue weighted by Gasteiger charge is -2.22. The summed E-state index contributed by atoms with van der Waals surface area (Å²) in [5, 5.41) is 10.7. The molecule has 2 aromatic rings. The van der Waals surface area contributed by atoms with Gasteiger partial charge in [-0.2, -0.15) is 5.10 Å². The summed E-state index contributed by atoms with van der Waals surface area (Å²) in [6.45, 7) is 2.79. The second-order valence-corrected chi connectivity index (χ2v) is 7.20. The molecule has 1 aliphatic heterocycles. The molecule has 7 heteroatoms. The highest BCUT2D eigenvalue weighted by Gasteiger charge is 2.15. The molecule has 1 saturated heterocycles. The van der Waals surface area contributed by atoms with Crippen LogP contribution in [-0.4, -0.2) is 28.8 Å². The van der Waals surface area contributed by atoms with Gasteiger partial charge >= 0.3 is 0 Å². The van der Waals surface area contributed by atoms with Crippen molar-refractivity contribution in [2.45, 2.75) is 32.2 Å². The van der Waals surface area contributed by atoms with Gasteiger partial charge in [0.15, 0.2) is 0 Å². The number of nitrogens with zero attached hydrogens (tertiary/aromatic N) is 2. The summed E-state index contributed by atoms with van der Waals surface area (Å²) in [5.74, 6) is 1.50. The fourth-order valence-electron chi connectivity index (χ4n) is 3.04. The maximum absolute atomic E-state index is 12.2. The van der Waals surface area contributed by atoms with Gasteiger partial charge in [0.2, 0.25) is 5.91 Å². The summed E-state index contributed by atoms with van der Waals surface area (Å²) in [4.78, 5) is 12.2. The number of carbonyl (C=O) groups is 1. The van der Waals surface area contributed by atoms with Crippen molar-refractivity contribution >= 4 is 40.1 Å². The molecule has 1 aromatic heterocycles. The van der Waals surface area contributed by atoms with Crippen molar-refractivity contribution in [2.75, 3.05) is 18.4 Å². The van der Waals surface area contributed by atoms with Crippen LogP contribution < -0.4 is 10.6 Å². The Labute approximate surface area is 163 Å². The van der Waals surface area contributed by atoms with Crippen LogP contribution in [0, 0.1) is 5.92 Å². The van der Waals surface area contributed by atoms with Gasteiger partial charge in [-0.15, -0.1) is 12.4 Å². The van der Waals surface area contributed by atoms with Crippen molar-refractivity contribution in [3.05, 3.63) is 46.6 Å². The van der Waals surface area contributed by atoms with E-state index in [1.807, 2.05) is 22.9 Å². The number of carbonyl (C=O) groups excluding carboxylic acids is 1. The monoisotopic (exact) mass is 426 g/mol. The van der Waals surface area contributed by atoms with E-state index in [2.05, 4.69) is 43.8 Å². The third-order valence-corrected chi connectivity index (χ3v) is 5.00. The maximum Gasteiger partial charge on any atom is 0.225 e. The summed E-state index contributed by atoms with van der Waals surface area (Å²) in [5.41, 5.74) is 1.15. The van der Waals surface area contributed by atoms with Crippen LogP contribution in [0.4, 0.5) is 5.82 Å². The second-order valence-electron chi connectivity index (χ2n) is 6.28. The van der Waals surface area contributed by atoms with Crippen LogP contribution in [-0.2, 0) is 11.3 Å². The van der Waals surface area contributed by atoms with Crippen molar-refractivity contribution in [3.8, 4) is 0 Å². The van der Waals surface area contributed by atoms with E-state index in [-0.39, 0.29) is 18.3 Å². The Hall–Kier alpha value is -1.37. The molecule has 136 valence electrons. The number of benzene rings is 1. The predicted molar refractivity (Wildman–Crippen MR) is 106 cm³/mol. The molecule has 0 aliphatic carbocycles. The Bertz CT molecular complexity index is 668. The zero-order chi connectivity index (χ0) is 16.8. The van der Waals surface area contributed by atoms with Crippen molar-refractivity contribution in [1.82, 2.24) is 15.1 Å². The van der Waals surface area contributed by atoms with Gasteiger partial charge in [0.25, 0.3) is 0 Å². The van der Waals surface area contributed by atoms with Crippen molar-refractivity contribution in [2.24, 2.45) is 5.92 Å². The number of aromatic nitrogens is 2. The first kappa shape index (κ1) is 19.9. The van der Waals surface area contributed by atoms with E-state index in [4.69, 9.17) is 0 Å². The smallest absolute Gasteiger partial charge is 0.225 e. The van der Waals surface area contributed by atoms with Crippen LogP contribution in [0.2, 0.25) is 0 Å². The lowest BCUT2D eigenvalue weighted by Crippen LogP contribution is -2.28. The van der Waals surface area contributed by atoms with Gasteiger partial charge in [-0.1, -0.05) is 28.1 Å². The molecule has 0 saturated carbocycles. The normalized spacial score (nSPS) is 14.8. The number of rotatable bonds is 6. The van der Waals surface area contributed by atoms with Gasteiger partial charge in [0, 0.05) is 17.0 Å². The number of hydrogen-bond acceptors (Lipinski definition) is 3. The minimum absolute atomic E-state index is 0. The van der Waals surface area contributed by atoms with E-state index in [9.17, 15) is 4.79 Å². The van der Waals surface area contributed by atoms with Gasteiger partial charge < -0.3 is 10.6 Å². The molecular formula is C18H24BrClN4O. The molecule has 0 bridgehead atoms. The van der Waals surface area contributed by atoms with Crippen LogP contribution in [0.25, 0.3) is 0 Å². The lowest BCUT2D eigenvalue weighted by atomic mass is 9.93. The quantitative estimate of drug-likeness (QED) is 0.736. The van der Waals surface area contributed by atoms with Gasteiger partial charge in [0.05, 0.1) is 12.7 Å². The first-order valence-corrected chi connectivity index (χ1v) is 9.27. The van der Waals surface area contributed by atoms with Gasteiger partial charge in [-0.3, -0.25) is 4.79 Å². The van der Waals surface area contributed by atoms with Crippen molar-refractivity contribution < 1.29 is 4.79 Å². The standard InChI is InChI=1S/C18H23BrN4O.ClH/c19-16-4-1-15(2-5-16)13-23-17(9-12-21-23)22-18(24)6-3-14-7-10-20-11-8-14;/h1-2,4-5,9,12,14,20H,3,6-8,10-11,13H2,(H,22,24);1H. The molecule has 3 rings (SSSR count). The zero-order valence-corrected chi connectivity index (χ0v) is 16.5. The molecule has 0 spiro atoms. The molecule has 0 radical (unpaired) electrons. The Morgan fingerprint density at radius 2 is 1.96 bits per heavy atom. The third kappa shape index (κ3) is 6.13. The van der Waals surface area contributed by atoms with Crippen LogP contribution in [0.15, 0.2) is 41.0 Å². The van der Waals surface area contributed by atoms with E-state index >= 15 is 0 Å². The highest BCUT2D eigenvalue weighted by molar-refractivity contribution is 9.10. The van der Waals surface area contributed by atoms with Gasteiger partial charge in [-0.05, 0) is 56.0 Å². The predicted octanol–water partition coefficient (Wildman–Crippen LogP) is 3.83. The average Bonchev–Trinajstić information content (AvgIpc) is 3.03. The van der Waals surface area contributed by atoms with E-state index in [1.165, 1.54) is 12.8 Å². The number of halogens is 2. The Morgan fingerprint density at radius 1 is 1.24 bits per heavy atom. The maximum atomic E-state index is 12.2. The Kier molecular flexibility index (Phi) is 7.93. The molecule has 0 atom stereocenters. The van der Waals surface area contributed by atoms with E-state index in [0.717, 1.165) is 35.4 Å². The minimum atomic E-state index is 0. The number of nitrogens with one attached hydrogen (secondary N) is 2. The van der Waals surface area contributed by atoms with Crippen LogP contribution in [0.5, 0.6) is 0 Å². The number of hydrogen-bond donors (Lipinski definition) is 2. The van der Waals surface area contributed by atoms with Crippen LogP contribution in [0.3, 0.4) is 0 Å². The van der Waals surface area contributed by atoms with Gasteiger partial charge in [0.1, 0.15) is 5.82 Å². The minimum Gasteiger partial charge on any atom is -0.317 e. The summed E-state index contributed by atoms with van der Waals surface area (Å²) in [6, 6.07) is 9.97. The molecule has 2 N–H and O–H groups in total. The molecule has 5 nitrogen and oxygen atoms in total. The molecule has 1 aliphatic rings. The molecule has 2 heterocycles. The van der Waals surface area contributed by atoms with Crippen molar-refractivity contribution in [3.63, 3.8) is 0 Å². The topological polar surface area (TPSA) is 59.0 Å². The van der Waals surface area contributed by atoms with Crippen LogP contribution in [0.1, 0.15) is 31.2 Å². The zero-order valence-electron chi connectivity index (χ0n) is 14.1. The summed E-state index contributed by atoms with van der Waals surface area (Å²) in [7, 11) is 0. The summed E-state index contributed by atoms with van der Waals surface area (Å²) < 4.78 is 2.88. The molecule has 25 heavy (non-hydrogen) atoms. The number of piperidine rings is 1. The lowest BCUT2D eigenvalue weighted by molar-refractivity contribution is -0.116. The largest absolute Gasteiger partial charge is 0.317 e. The molecule has 1 fully saturated rings. The SMILES string of the molecule is Cl.O=C(CCC1CCNCC1)Nc1ccnn1Cc1ccc(Br)cc1. The molecule has 0 unspecified atom stereocenters. The van der Waals surface area contributed by atoms with Crippen LogP contribution >= 0.6 is 28.3 Å². The second kappa shape index (κ2) is 9.94. The number of anilines is 1. The average molecular weight is 428 g/mol. The Balaban J connectivity index is 0.00000225. The fourth-order valence-corrected chi connectivity index (χ4v) is 3.30. The first-order chi connectivity index (χ1) is 11.7. The van der Waals surface area contributed by atoms with Gasteiger partial charge in [-0.25, -0.2) is 4.68 Å². The number of amides is 1. The van der Waals surface area contributed by atoms with E-state index in [1.54, 1.807) is 6.20 Å². The fraction of sp³-hybridized carbons (Fsp3) is 0.444. The molecular weight excluding hydrogens is 404 g/mol.